The molecule has 0 radical (unpaired) electrons. The number of hydrogen-bond donors (Lipinski definition) is 1. The van der Waals surface area contributed by atoms with Crippen molar-refractivity contribution in [1.82, 2.24) is 10.3 Å². The number of hydrogen-bond acceptors (Lipinski definition) is 9. The van der Waals surface area contributed by atoms with Gasteiger partial charge in [0.25, 0.3) is 5.43 Å². The van der Waals surface area contributed by atoms with E-state index in [0.29, 0.717) is 10.6 Å². The zero-order chi connectivity index (χ0) is 23.3. The lowest BCUT2D eigenvalue weighted by molar-refractivity contribution is -0.142. The Kier molecular flexibility index (Phi) is 7.83. The van der Waals surface area contributed by atoms with E-state index in [1.165, 1.54) is 13.3 Å². The lowest BCUT2D eigenvalue weighted by Crippen LogP contribution is -2.45. The molecule has 0 aliphatic rings. The van der Waals surface area contributed by atoms with Crippen molar-refractivity contribution in [1.29, 1.82) is 0 Å². The van der Waals surface area contributed by atoms with Crippen molar-refractivity contribution < 1.29 is 23.8 Å². The van der Waals surface area contributed by atoms with Gasteiger partial charge in [0.1, 0.15) is 16.7 Å². The highest BCUT2D eigenvalue weighted by molar-refractivity contribution is 7.99. The molecule has 1 aromatic carbocycles. The average molecular weight is 451 g/mol. The van der Waals surface area contributed by atoms with Crippen molar-refractivity contribution in [2.45, 2.75) is 57.4 Å². The molecule has 168 valence electrons. The Bertz CT molecular complexity index is 1020. The molecule has 0 spiro atoms. The molecule has 1 N–H and O–H groups in total. The van der Waals surface area contributed by atoms with Gasteiger partial charge in [0.05, 0.1) is 18.8 Å². The minimum Gasteiger partial charge on any atom is -0.486 e. The summed E-state index contributed by atoms with van der Waals surface area (Å²) in [6, 6.07) is 2.26. The van der Waals surface area contributed by atoms with Gasteiger partial charge in [-0.3, -0.25) is 9.59 Å². The lowest BCUT2D eigenvalue weighted by Gasteiger charge is -2.22. The molecule has 1 atom stereocenters. The molecule has 0 unspecified atom stereocenters. The highest BCUT2D eigenvalue weighted by Gasteiger charge is 2.29. The van der Waals surface area contributed by atoms with Gasteiger partial charge in [0, 0.05) is 17.5 Å². The van der Waals surface area contributed by atoms with Crippen LogP contribution in [0.4, 0.5) is 4.79 Å². The number of pyridine rings is 1. The normalized spacial score (nSPS) is 12.5. The maximum Gasteiger partial charge on any atom is 0.408 e. The molecule has 31 heavy (non-hydrogen) atoms. The second-order valence-corrected chi connectivity index (χ2v) is 8.93. The van der Waals surface area contributed by atoms with Gasteiger partial charge in [-0.1, -0.05) is 0 Å². The fraction of sp³-hybridized carbons (Fsp3) is 0.476. The minimum absolute atomic E-state index is 0.00579. The first-order valence-electron chi connectivity index (χ1n) is 9.60. The van der Waals surface area contributed by atoms with Gasteiger partial charge in [-0.2, -0.15) is 0 Å². The van der Waals surface area contributed by atoms with Crippen LogP contribution in [0, 0.1) is 0 Å². The van der Waals surface area contributed by atoms with E-state index in [1.54, 1.807) is 46.8 Å². The van der Waals surface area contributed by atoms with Crippen molar-refractivity contribution in [2.24, 2.45) is 0 Å². The maximum absolute atomic E-state index is 12.2. The molecule has 0 saturated heterocycles. The summed E-state index contributed by atoms with van der Waals surface area (Å²) in [6.07, 6.45) is 0.478. The van der Waals surface area contributed by atoms with Crippen LogP contribution in [0.15, 0.2) is 32.9 Å². The van der Waals surface area contributed by atoms with E-state index in [2.05, 4.69) is 10.3 Å². The largest absolute Gasteiger partial charge is 0.486 e. The first-order chi connectivity index (χ1) is 14.4. The van der Waals surface area contributed by atoms with E-state index in [1.807, 2.05) is 0 Å². The number of amides is 1. The molecule has 1 amide bonds. The molecule has 10 heteroatoms. The number of carbonyl (C=O) groups excluding carboxylic acids is 2. The summed E-state index contributed by atoms with van der Waals surface area (Å²) in [5.41, 5.74) is -1.48. The summed E-state index contributed by atoms with van der Waals surface area (Å²) in [5, 5.41) is 2.89. The van der Waals surface area contributed by atoms with E-state index in [-0.39, 0.29) is 23.2 Å². The van der Waals surface area contributed by atoms with Crippen LogP contribution >= 0.6 is 11.8 Å². The van der Waals surface area contributed by atoms with Crippen molar-refractivity contribution in [3.8, 4) is 16.9 Å². The molecule has 0 fully saturated rings. The predicted molar refractivity (Wildman–Crippen MR) is 116 cm³/mol. The third-order valence-electron chi connectivity index (χ3n) is 3.82. The van der Waals surface area contributed by atoms with Crippen LogP contribution in [-0.2, 0) is 14.3 Å². The maximum atomic E-state index is 12.2. The summed E-state index contributed by atoms with van der Waals surface area (Å²) in [7, 11) is 1.21. The zero-order valence-electron chi connectivity index (χ0n) is 18.3. The molecule has 0 bridgehead atoms. The topological polar surface area (TPSA) is 121 Å². The lowest BCUT2D eigenvalue weighted by atomic mass is 10.0. The van der Waals surface area contributed by atoms with Gasteiger partial charge < -0.3 is 19.5 Å². The number of ether oxygens (including phenoxy) is 3. The summed E-state index contributed by atoms with van der Waals surface area (Å²) in [4.78, 5) is 52.6. The van der Waals surface area contributed by atoms with Gasteiger partial charge in [-0.15, -0.1) is 11.8 Å². The average Bonchev–Trinajstić information content (AvgIpc) is 2.68. The molecule has 1 aromatic heterocycles. The van der Waals surface area contributed by atoms with Crippen LogP contribution in [0.5, 0.6) is 5.75 Å². The van der Waals surface area contributed by atoms with Crippen LogP contribution in [0.2, 0.25) is 0 Å². The Morgan fingerprint density at radius 2 is 1.87 bits per heavy atom. The molecule has 0 aliphatic heterocycles. The number of nitrogens with one attached hydrogen (secondary N) is 1. The molecular formula is C21H26N2O7S. The second kappa shape index (κ2) is 9.95. The quantitative estimate of drug-likeness (QED) is 0.367. The number of aromatic nitrogens is 1. The van der Waals surface area contributed by atoms with Crippen LogP contribution in [0.25, 0.3) is 11.1 Å². The minimum atomic E-state index is -1.02. The Balaban J connectivity index is 2.24. The molecule has 2 rings (SSSR count). The summed E-state index contributed by atoms with van der Waals surface area (Å²) < 4.78 is 15.4. The Hall–Kier alpha value is -2.88. The van der Waals surface area contributed by atoms with E-state index >= 15 is 0 Å². The highest BCUT2D eigenvalue weighted by atomic mass is 32.2. The van der Waals surface area contributed by atoms with Crippen LogP contribution in [-0.4, -0.2) is 47.7 Å². The molecule has 0 saturated carbocycles. The van der Waals surface area contributed by atoms with Crippen LogP contribution < -0.4 is 20.9 Å². The van der Waals surface area contributed by atoms with Gasteiger partial charge in [-0.25, -0.2) is 14.6 Å². The van der Waals surface area contributed by atoms with Crippen molar-refractivity contribution >= 4 is 23.8 Å². The van der Waals surface area contributed by atoms with Gasteiger partial charge in [0.15, 0.2) is 5.75 Å². The highest BCUT2D eigenvalue weighted by Crippen LogP contribution is 2.33. The van der Waals surface area contributed by atoms with Crippen LogP contribution in [0.3, 0.4) is 0 Å². The smallest absolute Gasteiger partial charge is 0.408 e. The first kappa shape index (κ1) is 24.4. The molecule has 9 nitrogen and oxygen atoms in total. The molecule has 0 aliphatic carbocycles. The summed E-state index contributed by atoms with van der Waals surface area (Å²) in [6.45, 7) is 8.62. The van der Waals surface area contributed by atoms with E-state index in [0.717, 1.165) is 11.8 Å². The van der Waals surface area contributed by atoms with Gasteiger partial charge in [-0.05, 0) is 46.8 Å². The fourth-order valence-corrected chi connectivity index (χ4v) is 3.59. The van der Waals surface area contributed by atoms with E-state index in [9.17, 15) is 19.2 Å². The van der Waals surface area contributed by atoms with Crippen molar-refractivity contribution in [2.75, 3.05) is 12.9 Å². The molecule has 2 aromatic rings. The zero-order valence-corrected chi connectivity index (χ0v) is 19.1. The Morgan fingerprint density at radius 3 is 2.45 bits per heavy atom. The number of nitrogens with zero attached hydrogens (tertiary/aromatic N) is 1. The third-order valence-corrected chi connectivity index (χ3v) is 4.92. The van der Waals surface area contributed by atoms with Crippen molar-refractivity contribution in [3.05, 3.63) is 38.8 Å². The van der Waals surface area contributed by atoms with E-state index < -0.39 is 34.6 Å². The van der Waals surface area contributed by atoms with Gasteiger partial charge in [0.2, 0.25) is 5.43 Å². The van der Waals surface area contributed by atoms with Crippen LogP contribution in [0.1, 0.15) is 34.6 Å². The number of carbonyl (C=O) groups is 2. The Morgan fingerprint density at radius 1 is 1.19 bits per heavy atom. The second-order valence-electron chi connectivity index (χ2n) is 7.92. The Labute approximate surface area is 184 Å². The number of methoxy groups -OCH3 is 1. The van der Waals surface area contributed by atoms with Gasteiger partial charge >= 0.3 is 12.1 Å². The molecule has 1 heterocycles. The third kappa shape index (κ3) is 6.30. The number of alkyl carbamates (subject to hydrolysis) is 1. The standard InChI is InChI=1S/C21H26N2O7S/c1-11(2)29-17-14(15(24)16(17)25)12-8-7-9-22-18(12)31-10-13(19(26)28-6)23-20(27)30-21(3,4)5/h7-9,11,13H,10H2,1-6H3,(H,23,27)/t13-/m0/s1. The molecular weight excluding hydrogens is 424 g/mol. The monoisotopic (exact) mass is 450 g/mol. The van der Waals surface area contributed by atoms with E-state index in [4.69, 9.17) is 14.2 Å². The summed E-state index contributed by atoms with van der Waals surface area (Å²) in [5.74, 6) is -0.592. The predicted octanol–water partition coefficient (Wildman–Crippen LogP) is 2.29. The SMILES string of the molecule is COC(=O)[C@H](CSc1ncccc1-c1c(OC(C)C)c(=O)c1=O)NC(=O)OC(C)(C)C. The summed E-state index contributed by atoms with van der Waals surface area (Å²) >= 11 is 1.13. The number of rotatable bonds is 8. The van der Waals surface area contributed by atoms with Crippen molar-refractivity contribution in [3.63, 3.8) is 0 Å². The first-order valence-corrected chi connectivity index (χ1v) is 10.6. The number of thioether (sulfide) groups is 1. The fourth-order valence-electron chi connectivity index (χ4n) is 2.58. The number of esters is 1.